The van der Waals surface area contributed by atoms with Crippen LogP contribution in [0.15, 0.2) is 72.8 Å². The molecule has 0 aliphatic carbocycles. The van der Waals surface area contributed by atoms with Gasteiger partial charge in [-0.3, -0.25) is 4.79 Å². The van der Waals surface area contributed by atoms with Crippen molar-refractivity contribution in [2.75, 3.05) is 55.6 Å². The molecule has 0 radical (unpaired) electrons. The zero-order valence-corrected chi connectivity index (χ0v) is 22.9. The van der Waals surface area contributed by atoms with E-state index in [4.69, 9.17) is 0 Å². The van der Waals surface area contributed by atoms with E-state index in [1.807, 2.05) is 24.3 Å². The van der Waals surface area contributed by atoms with E-state index in [1.165, 1.54) is 23.9 Å². The lowest BCUT2D eigenvalue weighted by molar-refractivity contribution is -0.137. The minimum Gasteiger partial charge on any atom is -0.385 e. The largest absolute Gasteiger partial charge is 0.416 e. The zero-order chi connectivity index (χ0) is 29.0. The van der Waals surface area contributed by atoms with Gasteiger partial charge in [-0.1, -0.05) is 30.3 Å². The number of carbonyl (C=O) groups is 1. The summed E-state index contributed by atoms with van der Waals surface area (Å²) < 4.78 is 54.3. The number of carbonyl (C=O) groups excluding carboxylic acids is 1. The summed E-state index contributed by atoms with van der Waals surface area (Å²) in [4.78, 5) is 19.3. The third-order valence-electron chi connectivity index (χ3n) is 8.31. The Morgan fingerprint density at radius 1 is 0.805 bits per heavy atom. The molecule has 0 spiro atoms. The Balaban J connectivity index is 1.08. The maximum atomic E-state index is 15.0. The van der Waals surface area contributed by atoms with Crippen LogP contribution in [-0.2, 0) is 11.8 Å². The van der Waals surface area contributed by atoms with Crippen molar-refractivity contribution in [3.63, 3.8) is 0 Å². The van der Waals surface area contributed by atoms with Gasteiger partial charge in [-0.05, 0) is 73.8 Å². The molecule has 2 heterocycles. The van der Waals surface area contributed by atoms with Crippen LogP contribution < -0.4 is 9.80 Å². The number of nitrogens with zero attached hydrogens (tertiary/aromatic N) is 3. The molecule has 3 aromatic carbocycles. The first kappa shape index (κ1) is 29.1. The fourth-order valence-corrected chi connectivity index (χ4v) is 5.81. The second-order valence-electron chi connectivity index (χ2n) is 11.0. The summed E-state index contributed by atoms with van der Waals surface area (Å²) in [6.45, 7) is 4.79. The SMILES string of the molecule is O=C(CCCN1CCC(O)(c2cccc(C(F)(F)F)c2)CC1)c1ccc(N2CCN(c3ccccc3)CC2)cc1F. The Morgan fingerprint density at radius 2 is 1.46 bits per heavy atom. The van der Waals surface area contributed by atoms with Gasteiger partial charge >= 0.3 is 6.18 Å². The predicted octanol–water partition coefficient (Wildman–Crippen LogP) is 6.12. The smallest absolute Gasteiger partial charge is 0.385 e. The van der Waals surface area contributed by atoms with Crippen molar-refractivity contribution in [3.05, 3.63) is 95.3 Å². The van der Waals surface area contributed by atoms with Gasteiger partial charge < -0.3 is 19.8 Å². The minimum absolute atomic E-state index is 0.0919. The van der Waals surface area contributed by atoms with Crippen LogP contribution in [0.25, 0.3) is 0 Å². The molecule has 0 atom stereocenters. The number of piperazine rings is 1. The van der Waals surface area contributed by atoms with E-state index < -0.39 is 23.2 Å². The average molecular weight is 570 g/mol. The third kappa shape index (κ3) is 6.90. The number of rotatable bonds is 8. The molecule has 0 unspecified atom stereocenters. The number of aliphatic hydroxyl groups is 1. The Bertz CT molecular complexity index is 1330. The number of likely N-dealkylation sites (tertiary alicyclic amines) is 1. The van der Waals surface area contributed by atoms with E-state index in [9.17, 15) is 27.5 Å². The van der Waals surface area contributed by atoms with Gasteiger partial charge in [0.25, 0.3) is 0 Å². The Kier molecular flexibility index (Phi) is 8.66. The van der Waals surface area contributed by atoms with Crippen LogP contribution in [0.5, 0.6) is 0 Å². The van der Waals surface area contributed by atoms with Crippen molar-refractivity contribution in [1.29, 1.82) is 0 Å². The van der Waals surface area contributed by atoms with Gasteiger partial charge in [0.2, 0.25) is 0 Å². The van der Waals surface area contributed by atoms with Gasteiger partial charge in [0, 0.05) is 57.1 Å². The van der Waals surface area contributed by atoms with Gasteiger partial charge in [-0.2, -0.15) is 13.2 Å². The summed E-state index contributed by atoms with van der Waals surface area (Å²) in [5.74, 6) is -0.762. The van der Waals surface area contributed by atoms with E-state index in [2.05, 4.69) is 26.8 Å². The van der Waals surface area contributed by atoms with E-state index in [0.29, 0.717) is 38.9 Å². The summed E-state index contributed by atoms with van der Waals surface area (Å²) in [5.41, 5.74) is 0.235. The number of alkyl halides is 3. The monoisotopic (exact) mass is 569 g/mol. The van der Waals surface area contributed by atoms with E-state index in [1.54, 1.807) is 6.07 Å². The first-order valence-corrected chi connectivity index (χ1v) is 14.1. The van der Waals surface area contributed by atoms with Crippen molar-refractivity contribution < 1.29 is 27.5 Å². The molecule has 3 aromatic rings. The third-order valence-corrected chi connectivity index (χ3v) is 8.31. The van der Waals surface area contributed by atoms with Gasteiger partial charge in [0.05, 0.1) is 16.7 Å². The molecule has 2 saturated heterocycles. The van der Waals surface area contributed by atoms with Gasteiger partial charge in [0.15, 0.2) is 5.78 Å². The molecular weight excluding hydrogens is 534 g/mol. The van der Waals surface area contributed by atoms with E-state index in [-0.39, 0.29) is 23.3 Å². The maximum absolute atomic E-state index is 15.0. The second-order valence-corrected chi connectivity index (χ2v) is 11.0. The Morgan fingerprint density at radius 3 is 2.10 bits per heavy atom. The van der Waals surface area contributed by atoms with Gasteiger partial charge in [0.1, 0.15) is 5.82 Å². The first-order chi connectivity index (χ1) is 19.6. The number of Topliss-reactive ketones (excluding diaryl/α,β-unsaturated/α-hetero) is 1. The number of anilines is 2. The van der Waals surface area contributed by atoms with Crippen LogP contribution in [0.4, 0.5) is 28.9 Å². The summed E-state index contributed by atoms with van der Waals surface area (Å²) in [6.07, 6.45) is -3.13. The molecule has 2 fully saturated rings. The highest BCUT2D eigenvalue weighted by Crippen LogP contribution is 2.37. The number of piperidine rings is 1. The highest BCUT2D eigenvalue weighted by molar-refractivity contribution is 5.96. The van der Waals surface area contributed by atoms with Crippen LogP contribution in [-0.4, -0.2) is 61.6 Å². The summed E-state index contributed by atoms with van der Waals surface area (Å²) >= 11 is 0. The second kappa shape index (κ2) is 12.2. The molecule has 0 amide bonds. The number of ketones is 1. The summed E-state index contributed by atoms with van der Waals surface area (Å²) in [6, 6.07) is 19.9. The fraction of sp³-hybridized carbons (Fsp3) is 0.406. The lowest BCUT2D eigenvalue weighted by Crippen LogP contribution is -2.46. The van der Waals surface area contributed by atoms with E-state index in [0.717, 1.165) is 44.0 Å². The van der Waals surface area contributed by atoms with Crippen LogP contribution >= 0.6 is 0 Å². The molecule has 2 aliphatic heterocycles. The molecule has 41 heavy (non-hydrogen) atoms. The highest BCUT2D eigenvalue weighted by atomic mass is 19.4. The molecule has 218 valence electrons. The standard InChI is InChI=1S/C32H35F4N3O2/c33-29-23-27(39-20-18-38(19-21-39)26-8-2-1-3-9-26)11-12-28(29)30(40)10-5-15-37-16-13-31(41,14-17-37)24-6-4-7-25(22-24)32(34,35)36/h1-4,6-9,11-12,22-23,41H,5,10,13-21H2. The summed E-state index contributed by atoms with van der Waals surface area (Å²) in [7, 11) is 0. The van der Waals surface area contributed by atoms with Gasteiger partial charge in [-0.15, -0.1) is 0 Å². The normalized spacial score (nSPS) is 18.0. The zero-order valence-electron chi connectivity index (χ0n) is 22.9. The van der Waals surface area contributed by atoms with Crippen molar-refractivity contribution in [2.45, 2.75) is 37.5 Å². The molecule has 1 N–H and O–H groups in total. The van der Waals surface area contributed by atoms with Crippen LogP contribution in [0.2, 0.25) is 0 Å². The van der Waals surface area contributed by atoms with Gasteiger partial charge in [-0.25, -0.2) is 4.39 Å². The number of hydrogen-bond donors (Lipinski definition) is 1. The lowest BCUT2D eigenvalue weighted by atomic mass is 9.83. The molecule has 2 aliphatic rings. The molecule has 0 aromatic heterocycles. The average Bonchev–Trinajstić information content (AvgIpc) is 2.98. The van der Waals surface area contributed by atoms with Crippen molar-refractivity contribution in [3.8, 4) is 0 Å². The molecule has 5 nitrogen and oxygen atoms in total. The minimum atomic E-state index is -4.46. The maximum Gasteiger partial charge on any atom is 0.416 e. The van der Waals surface area contributed by atoms with Crippen LogP contribution in [0, 0.1) is 5.82 Å². The molecule has 0 bridgehead atoms. The Labute approximate surface area is 238 Å². The highest BCUT2D eigenvalue weighted by Gasteiger charge is 2.37. The van der Waals surface area contributed by atoms with E-state index >= 15 is 0 Å². The molecule has 0 saturated carbocycles. The van der Waals surface area contributed by atoms with Crippen LogP contribution in [0.3, 0.4) is 0 Å². The lowest BCUT2D eigenvalue weighted by Gasteiger charge is -2.38. The van der Waals surface area contributed by atoms with Crippen molar-refractivity contribution >= 4 is 17.2 Å². The molecular formula is C32H35F4N3O2. The molecule has 5 rings (SSSR count). The predicted molar refractivity (Wildman–Crippen MR) is 152 cm³/mol. The number of benzene rings is 3. The molecule has 9 heteroatoms. The van der Waals surface area contributed by atoms with Crippen molar-refractivity contribution in [1.82, 2.24) is 4.90 Å². The first-order valence-electron chi connectivity index (χ1n) is 14.1. The quantitative estimate of drug-likeness (QED) is 0.262. The van der Waals surface area contributed by atoms with Crippen LogP contribution in [0.1, 0.15) is 47.2 Å². The number of hydrogen-bond acceptors (Lipinski definition) is 5. The number of halogens is 4. The fourth-order valence-electron chi connectivity index (χ4n) is 5.81. The topological polar surface area (TPSA) is 47.0 Å². The Hall–Kier alpha value is -3.43. The number of para-hydroxylation sites is 1. The van der Waals surface area contributed by atoms with Crippen molar-refractivity contribution in [2.24, 2.45) is 0 Å². The summed E-state index contributed by atoms with van der Waals surface area (Å²) in [5, 5.41) is 11.0.